The highest BCUT2D eigenvalue weighted by molar-refractivity contribution is 7.11. The van der Waals surface area contributed by atoms with Crippen molar-refractivity contribution in [1.29, 1.82) is 0 Å². The number of pyridine rings is 1. The van der Waals surface area contributed by atoms with Gasteiger partial charge in [0.15, 0.2) is 0 Å². The van der Waals surface area contributed by atoms with Crippen LogP contribution in [0.25, 0.3) is 0 Å². The molecule has 0 spiro atoms. The van der Waals surface area contributed by atoms with Gasteiger partial charge in [-0.1, -0.05) is 24.3 Å². The van der Waals surface area contributed by atoms with Crippen molar-refractivity contribution in [2.45, 2.75) is 12.6 Å². The molecule has 2 aromatic heterocycles. The van der Waals surface area contributed by atoms with Gasteiger partial charge >= 0.3 is 5.97 Å². The Morgan fingerprint density at radius 3 is 2.62 bits per heavy atom. The fourth-order valence-corrected chi connectivity index (χ4v) is 2.85. The van der Waals surface area contributed by atoms with Crippen LogP contribution in [0.5, 0.6) is 0 Å². The molecular formula is C19H15FN2O3S. The van der Waals surface area contributed by atoms with Gasteiger partial charge in [0.1, 0.15) is 10.7 Å². The molecule has 1 unspecified atom stereocenters. The predicted molar refractivity (Wildman–Crippen MR) is 95.0 cm³/mol. The van der Waals surface area contributed by atoms with Crippen molar-refractivity contribution in [3.05, 3.63) is 88.1 Å². The standard InChI is InChI=1S/C19H15FN2O3S/c20-15-7-5-13(6-8-15)11-22-18(23)17(14-3-1-9-21-12-14)25-19(24)16-4-2-10-26-16/h1-10,12,17H,11H2,(H,22,23). The topological polar surface area (TPSA) is 68.3 Å². The highest BCUT2D eigenvalue weighted by atomic mass is 32.1. The van der Waals surface area contributed by atoms with Crippen LogP contribution in [0, 0.1) is 5.82 Å². The predicted octanol–water partition coefficient (Wildman–Crippen LogP) is 3.50. The minimum Gasteiger partial charge on any atom is -0.443 e. The number of nitrogens with zero attached hydrogens (tertiary/aromatic N) is 1. The van der Waals surface area contributed by atoms with Gasteiger partial charge in [-0.15, -0.1) is 11.3 Å². The van der Waals surface area contributed by atoms with Crippen LogP contribution in [0.3, 0.4) is 0 Å². The van der Waals surface area contributed by atoms with Crippen molar-refractivity contribution in [2.75, 3.05) is 0 Å². The molecule has 0 radical (unpaired) electrons. The minimum absolute atomic E-state index is 0.187. The number of halogens is 1. The maximum atomic E-state index is 13.0. The number of amides is 1. The van der Waals surface area contributed by atoms with E-state index in [0.29, 0.717) is 10.4 Å². The van der Waals surface area contributed by atoms with Crippen molar-refractivity contribution in [1.82, 2.24) is 10.3 Å². The number of nitrogens with one attached hydrogen (secondary N) is 1. The lowest BCUT2D eigenvalue weighted by molar-refractivity contribution is -0.130. The van der Waals surface area contributed by atoms with Crippen LogP contribution in [0.4, 0.5) is 4.39 Å². The van der Waals surface area contributed by atoms with E-state index in [1.165, 1.54) is 29.7 Å². The van der Waals surface area contributed by atoms with E-state index in [-0.39, 0.29) is 12.4 Å². The van der Waals surface area contributed by atoms with E-state index in [9.17, 15) is 14.0 Å². The lowest BCUT2D eigenvalue weighted by Gasteiger charge is -2.17. The van der Waals surface area contributed by atoms with Crippen molar-refractivity contribution in [3.63, 3.8) is 0 Å². The Morgan fingerprint density at radius 2 is 1.96 bits per heavy atom. The van der Waals surface area contributed by atoms with Gasteiger partial charge in [0.05, 0.1) is 0 Å². The molecule has 1 aromatic carbocycles. The fraction of sp³-hybridized carbons (Fsp3) is 0.105. The quantitative estimate of drug-likeness (QED) is 0.675. The number of carbonyl (C=O) groups excluding carboxylic acids is 2. The summed E-state index contributed by atoms with van der Waals surface area (Å²) in [5, 5.41) is 4.46. The largest absolute Gasteiger partial charge is 0.443 e. The molecule has 132 valence electrons. The van der Waals surface area contributed by atoms with Gasteiger partial charge in [-0.05, 0) is 35.2 Å². The summed E-state index contributed by atoms with van der Waals surface area (Å²) in [6, 6.07) is 12.5. The fourth-order valence-electron chi connectivity index (χ4n) is 2.25. The Labute approximate surface area is 153 Å². The SMILES string of the molecule is O=C(OC(C(=O)NCc1ccc(F)cc1)c1cccnc1)c1cccs1. The zero-order chi connectivity index (χ0) is 18.4. The average Bonchev–Trinajstić information content (AvgIpc) is 3.21. The first kappa shape index (κ1) is 17.8. The molecule has 3 aromatic rings. The Morgan fingerprint density at radius 1 is 1.15 bits per heavy atom. The second kappa shape index (κ2) is 8.35. The first-order valence-electron chi connectivity index (χ1n) is 7.80. The minimum atomic E-state index is -1.13. The van der Waals surface area contributed by atoms with E-state index in [4.69, 9.17) is 4.74 Å². The van der Waals surface area contributed by atoms with Crippen LogP contribution < -0.4 is 5.32 Å². The number of esters is 1. The molecule has 26 heavy (non-hydrogen) atoms. The van der Waals surface area contributed by atoms with Crippen molar-refractivity contribution >= 4 is 23.2 Å². The number of thiophene rings is 1. The third-order valence-corrected chi connectivity index (χ3v) is 4.40. The third-order valence-electron chi connectivity index (χ3n) is 3.55. The van der Waals surface area contributed by atoms with Gasteiger partial charge in [-0.2, -0.15) is 0 Å². The first-order chi connectivity index (χ1) is 12.6. The summed E-state index contributed by atoms with van der Waals surface area (Å²) < 4.78 is 18.4. The molecule has 0 aliphatic carbocycles. The molecule has 1 amide bonds. The summed E-state index contributed by atoms with van der Waals surface area (Å²) in [4.78, 5) is 29.2. The molecule has 0 bridgehead atoms. The number of hydrogen-bond acceptors (Lipinski definition) is 5. The van der Waals surface area contributed by atoms with Crippen molar-refractivity contribution < 1.29 is 18.7 Å². The Hall–Kier alpha value is -3.06. The maximum Gasteiger partial charge on any atom is 0.349 e. The zero-order valence-electron chi connectivity index (χ0n) is 13.6. The summed E-state index contributed by atoms with van der Waals surface area (Å²) in [5.74, 6) is -1.41. The Kier molecular flexibility index (Phi) is 5.70. The van der Waals surface area contributed by atoms with Crippen molar-refractivity contribution in [3.8, 4) is 0 Å². The van der Waals surface area contributed by atoms with E-state index in [1.54, 1.807) is 48.0 Å². The van der Waals surface area contributed by atoms with Crippen LogP contribution in [-0.4, -0.2) is 16.9 Å². The number of ether oxygens (including phenoxy) is 1. The van der Waals surface area contributed by atoms with E-state index in [1.807, 2.05) is 0 Å². The monoisotopic (exact) mass is 370 g/mol. The second-order valence-electron chi connectivity index (χ2n) is 5.39. The molecule has 3 rings (SSSR count). The molecule has 0 aliphatic rings. The number of benzene rings is 1. The van der Waals surface area contributed by atoms with Gasteiger partial charge in [-0.25, -0.2) is 9.18 Å². The molecule has 7 heteroatoms. The van der Waals surface area contributed by atoms with Crippen molar-refractivity contribution in [2.24, 2.45) is 0 Å². The molecular weight excluding hydrogens is 355 g/mol. The summed E-state index contributed by atoms with van der Waals surface area (Å²) in [6.45, 7) is 0.187. The van der Waals surface area contributed by atoms with E-state index in [0.717, 1.165) is 5.56 Å². The number of hydrogen-bond donors (Lipinski definition) is 1. The number of rotatable bonds is 6. The van der Waals surface area contributed by atoms with Gasteiger partial charge in [0.2, 0.25) is 6.10 Å². The molecule has 1 atom stereocenters. The zero-order valence-corrected chi connectivity index (χ0v) is 14.4. The van der Waals surface area contributed by atoms with Crippen LogP contribution in [0.2, 0.25) is 0 Å². The molecule has 0 fully saturated rings. The smallest absolute Gasteiger partial charge is 0.349 e. The first-order valence-corrected chi connectivity index (χ1v) is 8.68. The van der Waals surface area contributed by atoms with Crippen LogP contribution in [0.1, 0.15) is 26.9 Å². The molecule has 1 N–H and O–H groups in total. The third kappa shape index (κ3) is 4.52. The molecule has 0 saturated carbocycles. The summed E-state index contributed by atoms with van der Waals surface area (Å²) in [6.07, 6.45) is 1.92. The summed E-state index contributed by atoms with van der Waals surface area (Å²) in [5.41, 5.74) is 1.20. The Bertz CT molecular complexity index is 868. The normalized spacial score (nSPS) is 11.6. The molecule has 0 aliphatic heterocycles. The van der Waals surface area contributed by atoms with Crippen LogP contribution in [0.15, 0.2) is 66.3 Å². The van der Waals surface area contributed by atoms with Crippen LogP contribution in [-0.2, 0) is 16.1 Å². The number of aromatic nitrogens is 1. The highest BCUT2D eigenvalue weighted by Gasteiger charge is 2.26. The lowest BCUT2D eigenvalue weighted by Crippen LogP contribution is -2.31. The molecule has 2 heterocycles. The number of carbonyl (C=O) groups is 2. The van der Waals surface area contributed by atoms with E-state index in [2.05, 4.69) is 10.3 Å². The second-order valence-corrected chi connectivity index (χ2v) is 6.34. The maximum absolute atomic E-state index is 13.0. The van der Waals surface area contributed by atoms with Gasteiger partial charge in [0.25, 0.3) is 5.91 Å². The van der Waals surface area contributed by atoms with Gasteiger partial charge in [0, 0.05) is 24.5 Å². The average molecular weight is 370 g/mol. The lowest BCUT2D eigenvalue weighted by atomic mass is 10.1. The summed E-state index contributed by atoms with van der Waals surface area (Å²) >= 11 is 1.23. The van der Waals surface area contributed by atoms with Crippen LogP contribution >= 0.6 is 11.3 Å². The highest BCUT2D eigenvalue weighted by Crippen LogP contribution is 2.21. The van der Waals surface area contributed by atoms with E-state index >= 15 is 0 Å². The van der Waals surface area contributed by atoms with Gasteiger partial charge < -0.3 is 10.1 Å². The van der Waals surface area contributed by atoms with Gasteiger partial charge in [-0.3, -0.25) is 9.78 Å². The molecule has 0 saturated heterocycles. The molecule has 5 nitrogen and oxygen atoms in total. The van der Waals surface area contributed by atoms with E-state index < -0.39 is 18.0 Å². The Balaban J connectivity index is 1.73. The summed E-state index contributed by atoms with van der Waals surface area (Å²) in [7, 11) is 0.